The van der Waals surface area contributed by atoms with E-state index < -0.39 is 0 Å². The second-order valence-corrected chi connectivity index (χ2v) is 3.82. The zero-order valence-electron chi connectivity index (χ0n) is 8.63. The highest BCUT2D eigenvalue weighted by molar-refractivity contribution is 5.40. The summed E-state index contributed by atoms with van der Waals surface area (Å²) in [6.07, 6.45) is 2.97. The van der Waals surface area contributed by atoms with Crippen molar-refractivity contribution in [1.82, 2.24) is 5.16 Å². The number of hydrogen-bond acceptors (Lipinski definition) is 3. The number of aryl methyl sites for hydroxylation is 1. The summed E-state index contributed by atoms with van der Waals surface area (Å²) in [5, 5.41) is 3.79. The lowest BCUT2D eigenvalue weighted by molar-refractivity contribution is 0.382. The SMILES string of the molecule is CCCc1onc(N)c1CC(C)C. The van der Waals surface area contributed by atoms with E-state index >= 15 is 0 Å². The van der Waals surface area contributed by atoms with Crippen molar-refractivity contribution in [2.45, 2.75) is 40.0 Å². The minimum absolute atomic E-state index is 0.567. The first-order valence-corrected chi connectivity index (χ1v) is 4.88. The van der Waals surface area contributed by atoms with Gasteiger partial charge in [0.05, 0.1) is 0 Å². The van der Waals surface area contributed by atoms with Crippen LogP contribution in [0.1, 0.15) is 38.5 Å². The monoisotopic (exact) mass is 182 g/mol. The van der Waals surface area contributed by atoms with Gasteiger partial charge < -0.3 is 10.3 Å². The summed E-state index contributed by atoms with van der Waals surface area (Å²) in [6, 6.07) is 0. The smallest absolute Gasteiger partial charge is 0.170 e. The second-order valence-electron chi connectivity index (χ2n) is 3.82. The van der Waals surface area contributed by atoms with Gasteiger partial charge in [-0.05, 0) is 18.8 Å². The molecule has 0 aliphatic rings. The van der Waals surface area contributed by atoms with Gasteiger partial charge in [-0.1, -0.05) is 25.9 Å². The van der Waals surface area contributed by atoms with Crippen molar-refractivity contribution in [2.75, 3.05) is 5.73 Å². The molecule has 0 amide bonds. The summed E-state index contributed by atoms with van der Waals surface area (Å²) in [4.78, 5) is 0. The maximum Gasteiger partial charge on any atom is 0.170 e. The van der Waals surface area contributed by atoms with Crippen LogP contribution in [0, 0.1) is 5.92 Å². The van der Waals surface area contributed by atoms with Gasteiger partial charge in [-0.2, -0.15) is 0 Å². The van der Waals surface area contributed by atoms with Crippen LogP contribution in [0.2, 0.25) is 0 Å². The van der Waals surface area contributed by atoms with Crippen LogP contribution in [-0.2, 0) is 12.8 Å². The third-order valence-electron chi connectivity index (χ3n) is 1.99. The molecule has 1 rings (SSSR count). The van der Waals surface area contributed by atoms with Crippen LogP contribution in [0.4, 0.5) is 5.82 Å². The van der Waals surface area contributed by atoms with Crippen LogP contribution in [0.3, 0.4) is 0 Å². The number of aromatic nitrogens is 1. The first-order valence-electron chi connectivity index (χ1n) is 4.88. The van der Waals surface area contributed by atoms with E-state index in [-0.39, 0.29) is 0 Å². The van der Waals surface area contributed by atoms with Crippen molar-refractivity contribution in [1.29, 1.82) is 0 Å². The van der Waals surface area contributed by atoms with Crippen molar-refractivity contribution in [3.63, 3.8) is 0 Å². The molecule has 74 valence electrons. The molecule has 3 nitrogen and oxygen atoms in total. The van der Waals surface area contributed by atoms with Gasteiger partial charge >= 0.3 is 0 Å². The molecule has 0 bridgehead atoms. The highest BCUT2D eigenvalue weighted by Gasteiger charge is 2.13. The third kappa shape index (κ3) is 2.47. The first-order chi connectivity index (χ1) is 6.15. The van der Waals surface area contributed by atoms with Gasteiger partial charge in [0.1, 0.15) is 5.76 Å². The first kappa shape index (κ1) is 10.1. The molecule has 0 saturated carbocycles. The van der Waals surface area contributed by atoms with Crippen LogP contribution in [-0.4, -0.2) is 5.16 Å². The van der Waals surface area contributed by atoms with Crippen LogP contribution in [0.25, 0.3) is 0 Å². The Kier molecular flexibility index (Phi) is 3.34. The molecule has 0 aliphatic carbocycles. The number of rotatable bonds is 4. The Bertz CT molecular complexity index is 266. The predicted molar refractivity (Wildman–Crippen MR) is 53.5 cm³/mol. The van der Waals surface area contributed by atoms with Gasteiger partial charge in [-0.15, -0.1) is 0 Å². The van der Waals surface area contributed by atoms with E-state index in [1.807, 2.05) is 0 Å². The standard InChI is InChI=1S/C10H18N2O/c1-4-5-9-8(6-7(2)3)10(11)12-13-9/h7H,4-6H2,1-3H3,(H2,11,12). The molecule has 1 heterocycles. The van der Waals surface area contributed by atoms with E-state index in [2.05, 4.69) is 25.9 Å². The maximum absolute atomic E-state index is 5.72. The molecular weight excluding hydrogens is 164 g/mol. The molecular formula is C10H18N2O. The van der Waals surface area contributed by atoms with Crippen LogP contribution in [0.15, 0.2) is 4.52 Å². The Morgan fingerprint density at radius 3 is 2.69 bits per heavy atom. The predicted octanol–water partition coefficient (Wildman–Crippen LogP) is 2.41. The van der Waals surface area contributed by atoms with Crippen LogP contribution in [0.5, 0.6) is 0 Å². The molecule has 13 heavy (non-hydrogen) atoms. The highest BCUT2D eigenvalue weighted by atomic mass is 16.5. The van der Waals surface area contributed by atoms with E-state index in [9.17, 15) is 0 Å². The fraction of sp³-hybridized carbons (Fsp3) is 0.700. The largest absolute Gasteiger partial charge is 0.381 e. The molecule has 0 aliphatic heterocycles. The lowest BCUT2D eigenvalue weighted by Gasteiger charge is -2.03. The normalized spacial score (nSPS) is 11.1. The molecule has 0 spiro atoms. The third-order valence-corrected chi connectivity index (χ3v) is 1.99. The molecule has 0 radical (unpaired) electrons. The number of anilines is 1. The summed E-state index contributed by atoms with van der Waals surface area (Å²) in [5.74, 6) is 2.13. The quantitative estimate of drug-likeness (QED) is 0.778. The Morgan fingerprint density at radius 1 is 1.46 bits per heavy atom. The van der Waals surface area contributed by atoms with E-state index in [0.717, 1.165) is 30.6 Å². The van der Waals surface area contributed by atoms with Crippen molar-refractivity contribution in [3.05, 3.63) is 11.3 Å². The van der Waals surface area contributed by atoms with Gasteiger partial charge in [0, 0.05) is 12.0 Å². The lowest BCUT2D eigenvalue weighted by atomic mass is 10.0. The molecule has 0 fully saturated rings. The Morgan fingerprint density at radius 2 is 2.15 bits per heavy atom. The summed E-state index contributed by atoms with van der Waals surface area (Å²) in [7, 11) is 0. The van der Waals surface area contributed by atoms with Crippen LogP contribution < -0.4 is 5.73 Å². The van der Waals surface area contributed by atoms with Crippen molar-refractivity contribution >= 4 is 5.82 Å². The number of hydrogen-bond donors (Lipinski definition) is 1. The molecule has 3 heteroatoms. The van der Waals surface area contributed by atoms with Crippen molar-refractivity contribution < 1.29 is 4.52 Å². The number of nitrogens with two attached hydrogens (primary N) is 1. The van der Waals surface area contributed by atoms with E-state index in [1.165, 1.54) is 0 Å². The molecule has 2 N–H and O–H groups in total. The summed E-state index contributed by atoms with van der Waals surface area (Å²) in [6.45, 7) is 6.46. The van der Waals surface area contributed by atoms with Crippen molar-refractivity contribution in [2.24, 2.45) is 5.92 Å². The summed E-state index contributed by atoms with van der Waals surface area (Å²) >= 11 is 0. The number of nitrogen functional groups attached to an aromatic ring is 1. The Hall–Kier alpha value is -0.990. The van der Waals surface area contributed by atoms with Gasteiger partial charge in [0.25, 0.3) is 0 Å². The fourth-order valence-corrected chi connectivity index (χ4v) is 1.41. The minimum Gasteiger partial charge on any atom is -0.381 e. The molecule has 1 aromatic heterocycles. The summed E-state index contributed by atoms with van der Waals surface area (Å²) < 4.78 is 5.16. The van der Waals surface area contributed by atoms with Gasteiger partial charge in [0.15, 0.2) is 5.82 Å². The molecule has 0 aromatic carbocycles. The zero-order valence-corrected chi connectivity index (χ0v) is 8.63. The van der Waals surface area contributed by atoms with Gasteiger partial charge in [-0.25, -0.2) is 0 Å². The minimum atomic E-state index is 0.567. The number of nitrogens with zero attached hydrogens (tertiary/aromatic N) is 1. The molecule has 0 atom stereocenters. The highest BCUT2D eigenvalue weighted by Crippen LogP contribution is 2.21. The maximum atomic E-state index is 5.72. The van der Waals surface area contributed by atoms with Gasteiger partial charge in [-0.3, -0.25) is 0 Å². The molecule has 0 unspecified atom stereocenters. The van der Waals surface area contributed by atoms with E-state index in [0.29, 0.717) is 11.7 Å². The Balaban J connectivity index is 2.81. The van der Waals surface area contributed by atoms with Gasteiger partial charge in [0.2, 0.25) is 0 Å². The lowest BCUT2D eigenvalue weighted by Crippen LogP contribution is -2.00. The average molecular weight is 182 g/mol. The topological polar surface area (TPSA) is 52.0 Å². The fourth-order valence-electron chi connectivity index (χ4n) is 1.41. The summed E-state index contributed by atoms with van der Waals surface area (Å²) in [5.41, 5.74) is 6.82. The van der Waals surface area contributed by atoms with E-state index in [1.54, 1.807) is 0 Å². The van der Waals surface area contributed by atoms with Crippen molar-refractivity contribution in [3.8, 4) is 0 Å². The van der Waals surface area contributed by atoms with Crippen LogP contribution >= 0.6 is 0 Å². The average Bonchev–Trinajstić information content (AvgIpc) is 2.36. The zero-order chi connectivity index (χ0) is 9.84. The second kappa shape index (κ2) is 4.30. The van der Waals surface area contributed by atoms with E-state index in [4.69, 9.17) is 10.3 Å². The molecule has 0 saturated heterocycles. The Labute approximate surface area is 79.3 Å². The molecule has 1 aromatic rings.